The van der Waals surface area contributed by atoms with Crippen LogP contribution in [0.4, 0.5) is 0 Å². The van der Waals surface area contributed by atoms with Gasteiger partial charge in [-0.25, -0.2) is 0 Å². The van der Waals surface area contributed by atoms with E-state index in [1.54, 1.807) is 6.92 Å². The van der Waals surface area contributed by atoms with E-state index in [2.05, 4.69) is 6.92 Å². The smallest absolute Gasteiger partial charge is 1.00 e. The fraction of sp³-hybridized carbons (Fsp3) is 1.00. The Morgan fingerprint density at radius 3 is 2.23 bits per heavy atom. The van der Waals surface area contributed by atoms with Gasteiger partial charge in [0.1, 0.15) is 0 Å². The maximum absolute atomic E-state index is 10.8. The van der Waals surface area contributed by atoms with Crippen molar-refractivity contribution in [1.82, 2.24) is 0 Å². The summed E-state index contributed by atoms with van der Waals surface area (Å²) in [5.41, 5.74) is 0. The van der Waals surface area contributed by atoms with Crippen LogP contribution in [-0.4, -0.2) is 58.5 Å². The van der Waals surface area contributed by atoms with Gasteiger partial charge in [0.2, 0.25) is 0 Å². The third-order valence-electron chi connectivity index (χ3n) is 1.61. The van der Waals surface area contributed by atoms with Gasteiger partial charge in [0.25, 0.3) is 10.1 Å². The van der Waals surface area contributed by atoms with Crippen molar-refractivity contribution in [2.24, 2.45) is 0 Å². The van der Waals surface area contributed by atoms with Crippen LogP contribution in [0, 0.1) is 0 Å². The Labute approximate surface area is 114 Å². The van der Waals surface area contributed by atoms with Crippen molar-refractivity contribution >= 4 is 47.9 Å². The first-order chi connectivity index (χ1) is 5.62. The minimum atomic E-state index is -3.21. The van der Waals surface area contributed by atoms with Crippen LogP contribution in [0.1, 0.15) is 42.4 Å². The predicted octanol–water partition coefficient (Wildman–Crippen LogP) is 1.78. The minimum absolute atomic E-state index is 0. The van der Waals surface area contributed by atoms with Crippen molar-refractivity contribution < 1.29 is 15.5 Å². The summed E-state index contributed by atoms with van der Waals surface area (Å²) in [7, 11) is -3.21. The molecule has 0 heterocycles. The summed E-state index contributed by atoms with van der Waals surface area (Å²) >= 11 is 0. The molecule has 0 N–H and O–H groups in total. The molecule has 0 aromatic heterocycles. The van der Waals surface area contributed by atoms with E-state index in [0.29, 0.717) is 6.61 Å². The first kappa shape index (κ1) is 16.6. The molecular weight excluding hydrogens is 216 g/mol. The number of rotatable bonds is 7. The maximum Gasteiger partial charge on any atom is 2.00 e. The normalized spacial score (nSPS) is 10.9. The van der Waals surface area contributed by atoms with Gasteiger partial charge in [-0.2, -0.15) is 8.42 Å². The van der Waals surface area contributed by atoms with Crippen LogP contribution >= 0.6 is 0 Å². The van der Waals surface area contributed by atoms with Crippen molar-refractivity contribution in [2.75, 3.05) is 12.4 Å². The van der Waals surface area contributed by atoms with E-state index in [1.165, 1.54) is 0 Å². The van der Waals surface area contributed by atoms with Crippen molar-refractivity contribution in [2.45, 2.75) is 39.5 Å². The van der Waals surface area contributed by atoms with E-state index in [9.17, 15) is 8.42 Å². The van der Waals surface area contributed by atoms with E-state index in [1.807, 2.05) is 0 Å². The molecule has 0 fully saturated rings. The van der Waals surface area contributed by atoms with Crippen LogP contribution in [0.2, 0.25) is 0 Å². The SMILES string of the molecule is CCCCCCOS(=O)(=O)CC.[Ca+2].[H-].[H-]. The molecule has 13 heavy (non-hydrogen) atoms. The quantitative estimate of drug-likeness (QED) is 0.384. The van der Waals surface area contributed by atoms with Gasteiger partial charge in [-0.15, -0.1) is 0 Å². The molecule has 0 rings (SSSR count). The standard InChI is InChI=1S/C8H18O3S.Ca.2H/c1-3-5-6-7-8-11-12(9,10)4-2;;;/h3-8H2,1-2H3;;;/q;+2;2*-1. The van der Waals surface area contributed by atoms with Gasteiger partial charge in [0.05, 0.1) is 12.4 Å². The molecule has 5 heteroatoms. The zero-order chi connectivity index (χ0) is 9.45. The molecule has 0 aromatic rings. The summed E-state index contributed by atoms with van der Waals surface area (Å²) in [5, 5.41) is 0. The average molecular weight is 236 g/mol. The molecule has 0 aliphatic carbocycles. The molecule has 0 radical (unpaired) electrons. The molecule has 78 valence electrons. The molecule has 0 unspecified atom stereocenters. The molecule has 0 atom stereocenters. The average Bonchev–Trinajstić information content (AvgIpc) is 2.04. The van der Waals surface area contributed by atoms with Gasteiger partial charge in [-0.3, -0.25) is 4.18 Å². The molecule has 3 nitrogen and oxygen atoms in total. The van der Waals surface area contributed by atoms with Gasteiger partial charge in [0, 0.05) is 0 Å². The summed E-state index contributed by atoms with van der Waals surface area (Å²) < 4.78 is 26.3. The fourth-order valence-corrected chi connectivity index (χ4v) is 1.34. The number of hydrogen-bond acceptors (Lipinski definition) is 3. The molecule has 0 aliphatic heterocycles. The Kier molecular flexibility index (Phi) is 12.4. The van der Waals surface area contributed by atoms with Crippen LogP contribution in [-0.2, 0) is 14.3 Å². The summed E-state index contributed by atoms with van der Waals surface area (Å²) in [5.74, 6) is 0.0702. The van der Waals surface area contributed by atoms with Gasteiger partial charge in [-0.1, -0.05) is 26.2 Å². The van der Waals surface area contributed by atoms with Gasteiger partial charge >= 0.3 is 37.7 Å². The van der Waals surface area contributed by atoms with E-state index >= 15 is 0 Å². The van der Waals surface area contributed by atoms with E-state index in [0.717, 1.165) is 25.7 Å². The molecular formula is C8H20CaO3S. The van der Waals surface area contributed by atoms with E-state index in [4.69, 9.17) is 4.18 Å². The third-order valence-corrected chi connectivity index (χ3v) is 2.85. The van der Waals surface area contributed by atoms with Crippen LogP contribution in [0.3, 0.4) is 0 Å². The fourth-order valence-electron chi connectivity index (χ4n) is 0.798. The molecule has 0 aromatic carbocycles. The molecule has 0 spiro atoms. The first-order valence-corrected chi connectivity index (χ1v) is 6.07. The zero-order valence-corrected chi connectivity index (χ0v) is 11.6. The van der Waals surface area contributed by atoms with Gasteiger partial charge in [-0.05, 0) is 13.3 Å². The van der Waals surface area contributed by atoms with E-state index < -0.39 is 10.1 Å². The summed E-state index contributed by atoms with van der Waals surface area (Å²) in [6, 6.07) is 0. The van der Waals surface area contributed by atoms with Crippen molar-refractivity contribution in [3.63, 3.8) is 0 Å². The Hall–Kier alpha value is 1.17. The molecule has 0 bridgehead atoms. The van der Waals surface area contributed by atoms with Crippen LogP contribution in [0.25, 0.3) is 0 Å². The Morgan fingerprint density at radius 2 is 1.77 bits per heavy atom. The predicted molar refractivity (Wildman–Crippen MR) is 57.5 cm³/mol. The molecule has 0 amide bonds. The monoisotopic (exact) mass is 236 g/mol. The molecule has 0 saturated heterocycles. The molecule has 0 aliphatic rings. The van der Waals surface area contributed by atoms with Crippen molar-refractivity contribution in [1.29, 1.82) is 0 Å². The Bertz CT molecular complexity index is 198. The topological polar surface area (TPSA) is 43.4 Å². The second-order valence-electron chi connectivity index (χ2n) is 2.73. The summed E-state index contributed by atoms with van der Waals surface area (Å²) in [6.45, 7) is 4.04. The largest absolute Gasteiger partial charge is 2.00 e. The number of hydrogen-bond donors (Lipinski definition) is 0. The van der Waals surface area contributed by atoms with Crippen molar-refractivity contribution in [3.05, 3.63) is 0 Å². The van der Waals surface area contributed by atoms with Crippen LogP contribution in [0.15, 0.2) is 0 Å². The minimum Gasteiger partial charge on any atom is -1.00 e. The first-order valence-electron chi connectivity index (χ1n) is 4.49. The van der Waals surface area contributed by atoms with Crippen LogP contribution in [0.5, 0.6) is 0 Å². The summed E-state index contributed by atoms with van der Waals surface area (Å²) in [4.78, 5) is 0. The van der Waals surface area contributed by atoms with E-state index in [-0.39, 0.29) is 46.3 Å². The molecule has 0 saturated carbocycles. The third kappa shape index (κ3) is 11.1. The van der Waals surface area contributed by atoms with Crippen molar-refractivity contribution in [3.8, 4) is 0 Å². The Balaban J connectivity index is -0.000000202. The second kappa shape index (κ2) is 9.71. The summed E-state index contributed by atoms with van der Waals surface area (Å²) in [6.07, 6.45) is 4.19. The maximum atomic E-state index is 10.8. The number of unbranched alkanes of at least 4 members (excludes halogenated alkanes) is 3. The van der Waals surface area contributed by atoms with Crippen LogP contribution < -0.4 is 0 Å². The van der Waals surface area contributed by atoms with Gasteiger partial charge in [0.15, 0.2) is 0 Å². The zero-order valence-electron chi connectivity index (χ0n) is 10.6. The Morgan fingerprint density at radius 1 is 1.15 bits per heavy atom. The second-order valence-corrected chi connectivity index (χ2v) is 4.66. The van der Waals surface area contributed by atoms with Gasteiger partial charge < -0.3 is 2.85 Å².